The van der Waals surface area contributed by atoms with Crippen molar-refractivity contribution in [2.75, 3.05) is 6.54 Å². The van der Waals surface area contributed by atoms with Gasteiger partial charge in [-0.1, -0.05) is 29.8 Å². The second-order valence-electron chi connectivity index (χ2n) is 4.66. The SMILES string of the molecule is OC(CNCc1ncccc1C(F)(F)F)c1ccccc1Cl. The van der Waals surface area contributed by atoms with Crippen molar-refractivity contribution in [3.8, 4) is 0 Å². The fourth-order valence-electron chi connectivity index (χ4n) is 2.02. The van der Waals surface area contributed by atoms with Crippen molar-refractivity contribution < 1.29 is 18.3 Å². The molecule has 1 heterocycles. The van der Waals surface area contributed by atoms with Crippen LogP contribution in [0.2, 0.25) is 5.02 Å². The van der Waals surface area contributed by atoms with E-state index in [9.17, 15) is 18.3 Å². The van der Waals surface area contributed by atoms with Gasteiger partial charge < -0.3 is 10.4 Å². The Balaban J connectivity index is 1.99. The van der Waals surface area contributed by atoms with E-state index in [1.165, 1.54) is 12.3 Å². The number of aliphatic hydroxyl groups is 1. The van der Waals surface area contributed by atoms with E-state index in [-0.39, 0.29) is 18.8 Å². The lowest BCUT2D eigenvalue weighted by Crippen LogP contribution is -2.23. The van der Waals surface area contributed by atoms with Crippen molar-refractivity contribution in [2.45, 2.75) is 18.8 Å². The number of nitrogens with zero attached hydrogens (tertiary/aromatic N) is 1. The van der Waals surface area contributed by atoms with Crippen LogP contribution >= 0.6 is 11.6 Å². The van der Waals surface area contributed by atoms with Crippen LogP contribution in [0, 0.1) is 0 Å². The molecule has 2 aromatic rings. The molecule has 118 valence electrons. The van der Waals surface area contributed by atoms with Crippen LogP contribution in [0.15, 0.2) is 42.6 Å². The van der Waals surface area contributed by atoms with Crippen LogP contribution in [0.5, 0.6) is 0 Å². The molecule has 0 amide bonds. The molecular weight excluding hydrogens is 317 g/mol. The minimum Gasteiger partial charge on any atom is -0.387 e. The summed E-state index contributed by atoms with van der Waals surface area (Å²) in [4.78, 5) is 3.74. The van der Waals surface area contributed by atoms with E-state index in [0.29, 0.717) is 10.6 Å². The van der Waals surface area contributed by atoms with Crippen LogP contribution in [-0.2, 0) is 12.7 Å². The summed E-state index contributed by atoms with van der Waals surface area (Å²) in [5.41, 5.74) is -0.371. The van der Waals surface area contributed by atoms with Crippen LogP contribution in [0.1, 0.15) is 22.9 Å². The summed E-state index contributed by atoms with van der Waals surface area (Å²) in [5.74, 6) is 0. The van der Waals surface area contributed by atoms with Crippen molar-refractivity contribution in [3.05, 3.63) is 64.4 Å². The molecule has 0 spiro atoms. The van der Waals surface area contributed by atoms with E-state index >= 15 is 0 Å². The fraction of sp³-hybridized carbons (Fsp3) is 0.267. The van der Waals surface area contributed by atoms with Crippen LogP contribution in [0.25, 0.3) is 0 Å². The Morgan fingerprint density at radius 1 is 1.18 bits per heavy atom. The highest BCUT2D eigenvalue weighted by atomic mass is 35.5. The van der Waals surface area contributed by atoms with Gasteiger partial charge in [0.05, 0.1) is 17.4 Å². The first-order chi connectivity index (χ1) is 10.4. The number of benzene rings is 1. The van der Waals surface area contributed by atoms with Gasteiger partial charge in [0.1, 0.15) is 0 Å². The van der Waals surface area contributed by atoms with Gasteiger partial charge in [-0.2, -0.15) is 13.2 Å². The maximum absolute atomic E-state index is 12.8. The third-order valence-corrected chi connectivity index (χ3v) is 3.43. The third kappa shape index (κ3) is 4.19. The van der Waals surface area contributed by atoms with E-state index < -0.39 is 17.8 Å². The molecule has 0 radical (unpaired) electrons. The van der Waals surface area contributed by atoms with Crippen LogP contribution < -0.4 is 5.32 Å². The van der Waals surface area contributed by atoms with E-state index in [2.05, 4.69) is 10.3 Å². The Labute approximate surface area is 130 Å². The number of aromatic nitrogens is 1. The predicted octanol–water partition coefficient (Wildman–Crippen LogP) is 3.58. The largest absolute Gasteiger partial charge is 0.418 e. The number of hydrogen-bond acceptors (Lipinski definition) is 3. The molecule has 1 unspecified atom stereocenters. The topological polar surface area (TPSA) is 45.1 Å². The zero-order valence-electron chi connectivity index (χ0n) is 11.4. The van der Waals surface area contributed by atoms with Crippen LogP contribution in [0.3, 0.4) is 0 Å². The molecular formula is C15H14ClF3N2O. The number of alkyl halides is 3. The molecule has 22 heavy (non-hydrogen) atoms. The first-order valence-electron chi connectivity index (χ1n) is 6.54. The summed E-state index contributed by atoms with van der Waals surface area (Å²) in [5, 5.41) is 13.2. The molecule has 0 bridgehead atoms. The lowest BCUT2D eigenvalue weighted by atomic mass is 10.1. The van der Waals surface area contributed by atoms with Gasteiger partial charge in [-0.3, -0.25) is 4.98 Å². The highest BCUT2D eigenvalue weighted by molar-refractivity contribution is 6.31. The maximum atomic E-state index is 12.8. The second-order valence-corrected chi connectivity index (χ2v) is 5.07. The van der Waals surface area contributed by atoms with Crippen molar-refractivity contribution in [3.63, 3.8) is 0 Å². The average Bonchev–Trinajstić information content (AvgIpc) is 2.47. The standard InChI is InChI=1S/C15H14ClF3N2O/c16-12-6-2-1-4-10(12)14(22)9-20-8-13-11(15(17,18)19)5-3-7-21-13/h1-7,14,20,22H,8-9H2. The molecule has 7 heteroatoms. The average molecular weight is 331 g/mol. The molecule has 0 aliphatic rings. The quantitative estimate of drug-likeness (QED) is 0.881. The second kappa shape index (κ2) is 7.09. The van der Waals surface area contributed by atoms with Crippen molar-refractivity contribution >= 4 is 11.6 Å². The highest BCUT2D eigenvalue weighted by Crippen LogP contribution is 2.31. The Kier molecular flexibility index (Phi) is 5.39. The summed E-state index contributed by atoms with van der Waals surface area (Å²) in [6.45, 7) is -0.0329. The number of aliphatic hydroxyl groups excluding tert-OH is 1. The summed E-state index contributed by atoms with van der Waals surface area (Å²) in [6.07, 6.45) is -4.06. The molecule has 2 N–H and O–H groups in total. The van der Waals surface area contributed by atoms with Crippen LogP contribution in [-0.4, -0.2) is 16.6 Å². The first-order valence-corrected chi connectivity index (χ1v) is 6.91. The smallest absolute Gasteiger partial charge is 0.387 e. The van der Waals surface area contributed by atoms with Gasteiger partial charge in [0.15, 0.2) is 0 Å². The molecule has 0 saturated heterocycles. The Bertz CT molecular complexity index is 634. The van der Waals surface area contributed by atoms with Crippen molar-refractivity contribution in [2.24, 2.45) is 0 Å². The molecule has 0 aliphatic heterocycles. The lowest BCUT2D eigenvalue weighted by molar-refractivity contribution is -0.138. The van der Waals surface area contributed by atoms with Gasteiger partial charge in [-0.05, 0) is 18.2 Å². The number of hydrogen-bond donors (Lipinski definition) is 2. The van der Waals surface area contributed by atoms with E-state index in [1.54, 1.807) is 24.3 Å². The fourth-order valence-corrected chi connectivity index (χ4v) is 2.28. The molecule has 3 nitrogen and oxygen atoms in total. The molecule has 0 fully saturated rings. The van der Waals surface area contributed by atoms with Gasteiger partial charge in [0, 0.05) is 29.9 Å². The summed E-state index contributed by atoms with van der Waals surface area (Å²) >= 11 is 5.95. The number of pyridine rings is 1. The van der Waals surface area contributed by atoms with Gasteiger partial charge in [-0.15, -0.1) is 0 Å². The van der Waals surface area contributed by atoms with E-state index in [1.807, 2.05) is 0 Å². The Morgan fingerprint density at radius 3 is 2.59 bits per heavy atom. The van der Waals surface area contributed by atoms with Crippen molar-refractivity contribution in [1.29, 1.82) is 0 Å². The zero-order chi connectivity index (χ0) is 16.2. The van der Waals surface area contributed by atoms with E-state index in [0.717, 1.165) is 6.07 Å². The summed E-state index contributed by atoms with van der Waals surface area (Å²) in [6, 6.07) is 8.98. The van der Waals surface area contributed by atoms with Gasteiger partial charge >= 0.3 is 6.18 Å². The molecule has 1 atom stereocenters. The zero-order valence-corrected chi connectivity index (χ0v) is 12.2. The molecule has 0 aliphatic carbocycles. The monoisotopic (exact) mass is 330 g/mol. The number of rotatable bonds is 5. The lowest BCUT2D eigenvalue weighted by Gasteiger charge is -2.15. The highest BCUT2D eigenvalue weighted by Gasteiger charge is 2.33. The number of nitrogens with one attached hydrogen (secondary N) is 1. The van der Waals surface area contributed by atoms with Crippen molar-refractivity contribution in [1.82, 2.24) is 10.3 Å². The van der Waals surface area contributed by atoms with Gasteiger partial charge in [-0.25, -0.2) is 0 Å². The number of halogens is 4. The molecule has 1 aromatic carbocycles. The normalized spacial score (nSPS) is 13.1. The van der Waals surface area contributed by atoms with Gasteiger partial charge in [0.25, 0.3) is 0 Å². The summed E-state index contributed by atoms with van der Waals surface area (Å²) in [7, 11) is 0. The minimum absolute atomic E-state index is 0.0671. The maximum Gasteiger partial charge on any atom is 0.418 e. The Morgan fingerprint density at radius 2 is 1.91 bits per heavy atom. The molecule has 0 saturated carbocycles. The Hall–Kier alpha value is -1.63. The van der Waals surface area contributed by atoms with Crippen LogP contribution in [0.4, 0.5) is 13.2 Å². The molecule has 1 aromatic heterocycles. The molecule has 2 rings (SSSR count). The minimum atomic E-state index is -4.45. The van der Waals surface area contributed by atoms with Gasteiger partial charge in [0.2, 0.25) is 0 Å². The third-order valence-electron chi connectivity index (χ3n) is 3.09. The first kappa shape index (κ1) is 16.7. The predicted molar refractivity (Wildman–Crippen MR) is 77.4 cm³/mol. The summed E-state index contributed by atoms with van der Waals surface area (Å²) < 4.78 is 38.5. The van der Waals surface area contributed by atoms with E-state index in [4.69, 9.17) is 11.6 Å².